The van der Waals surface area contributed by atoms with Crippen molar-refractivity contribution in [3.8, 4) is 0 Å². The van der Waals surface area contributed by atoms with Gasteiger partial charge in [0.25, 0.3) is 0 Å². The fourth-order valence-electron chi connectivity index (χ4n) is 1.91. The van der Waals surface area contributed by atoms with Crippen LogP contribution in [0.5, 0.6) is 0 Å². The Morgan fingerprint density at radius 2 is 1.72 bits per heavy atom. The highest BCUT2D eigenvalue weighted by atomic mass is 16.4. The van der Waals surface area contributed by atoms with Crippen LogP contribution in [0.15, 0.2) is 0 Å². The minimum absolute atomic E-state index is 0.360. The van der Waals surface area contributed by atoms with Crippen molar-refractivity contribution in [2.45, 2.75) is 26.3 Å². The van der Waals surface area contributed by atoms with Gasteiger partial charge < -0.3 is 20.4 Å². The minimum atomic E-state index is -1.39. The molecule has 0 aromatic rings. The van der Waals surface area contributed by atoms with Crippen LogP contribution in [0.3, 0.4) is 0 Å². The van der Waals surface area contributed by atoms with Gasteiger partial charge in [0.05, 0.1) is 6.42 Å². The van der Waals surface area contributed by atoms with E-state index in [2.05, 4.69) is 5.32 Å². The van der Waals surface area contributed by atoms with Crippen molar-refractivity contribution in [3.63, 3.8) is 0 Å². The zero-order valence-corrected chi connectivity index (χ0v) is 10.4. The van der Waals surface area contributed by atoms with Gasteiger partial charge in [0.15, 0.2) is 0 Å². The van der Waals surface area contributed by atoms with Crippen LogP contribution in [-0.2, 0) is 9.59 Å². The summed E-state index contributed by atoms with van der Waals surface area (Å²) in [5.74, 6) is -1.88. The zero-order valence-electron chi connectivity index (χ0n) is 10.4. The van der Waals surface area contributed by atoms with E-state index in [4.69, 9.17) is 10.2 Å². The van der Waals surface area contributed by atoms with Crippen LogP contribution in [0.4, 0.5) is 4.79 Å². The van der Waals surface area contributed by atoms with Gasteiger partial charge in [-0.05, 0) is 11.8 Å². The number of urea groups is 1. The Bertz CT molecular complexity index is 347. The van der Waals surface area contributed by atoms with Crippen molar-refractivity contribution in [1.29, 1.82) is 0 Å². The number of aliphatic carboxylic acids is 2. The highest BCUT2D eigenvalue weighted by Gasteiger charge is 2.32. The molecule has 18 heavy (non-hydrogen) atoms. The van der Waals surface area contributed by atoms with Crippen LogP contribution in [0.2, 0.25) is 0 Å². The van der Waals surface area contributed by atoms with Gasteiger partial charge >= 0.3 is 18.0 Å². The lowest BCUT2D eigenvalue weighted by atomic mass is 10.0. The first kappa shape index (κ1) is 14.3. The standard InChI is InChI=1S/C11H18N2O5/c1-6-4-13(5-7(6)2)11(18)12-8(10(16)17)3-9(14)15/h6-8H,3-5H2,1-2H3,(H,12,18)(H,14,15)(H,16,17)/t6?,7?,8-/m0/s1. The Morgan fingerprint density at radius 1 is 1.22 bits per heavy atom. The molecule has 7 heteroatoms. The second-order valence-electron chi connectivity index (χ2n) is 4.80. The number of nitrogens with zero attached hydrogens (tertiary/aromatic N) is 1. The molecule has 0 aromatic carbocycles. The van der Waals surface area contributed by atoms with Gasteiger partial charge in [-0.1, -0.05) is 13.8 Å². The van der Waals surface area contributed by atoms with Crippen LogP contribution in [0.25, 0.3) is 0 Å². The van der Waals surface area contributed by atoms with E-state index in [0.717, 1.165) is 0 Å². The molecular formula is C11H18N2O5. The van der Waals surface area contributed by atoms with Gasteiger partial charge in [0, 0.05) is 13.1 Å². The van der Waals surface area contributed by atoms with E-state index < -0.39 is 30.4 Å². The summed E-state index contributed by atoms with van der Waals surface area (Å²) in [5, 5.41) is 19.6. The van der Waals surface area contributed by atoms with Gasteiger partial charge in [0.1, 0.15) is 6.04 Å². The molecule has 0 bridgehead atoms. The van der Waals surface area contributed by atoms with Crippen molar-refractivity contribution in [1.82, 2.24) is 10.2 Å². The number of hydrogen-bond donors (Lipinski definition) is 3. The normalized spacial score (nSPS) is 24.7. The van der Waals surface area contributed by atoms with Crippen LogP contribution >= 0.6 is 0 Å². The van der Waals surface area contributed by atoms with Gasteiger partial charge in [-0.3, -0.25) is 4.79 Å². The van der Waals surface area contributed by atoms with E-state index >= 15 is 0 Å². The van der Waals surface area contributed by atoms with Crippen LogP contribution in [0.1, 0.15) is 20.3 Å². The summed E-state index contributed by atoms with van der Waals surface area (Å²) < 4.78 is 0. The van der Waals surface area contributed by atoms with Gasteiger partial charge in [-0.15, -0.1) is 0 Å². The summed E-state index contributed by atoms with van der Waals surface area (Å²) >= 11 is 0. The minimum Gasteiger partial charge on any atom is -0.481 e. The van der Waals surface area contributed by atoms with E-state index in [9.17, 15) is 14.4 Å². The number of carboxylic acids is 2. The molecule has 102 valence electrons. The first-order valence-corrected chi connectivity index (χ1v) is 5.81. The Kier molecular flexibility index (Phi) is 4.52. The van der Waals surface area contributed by atoms with E-state index in [1.807, 2.05) is 13.8 Å². The van der Waals surface area contributed by atoms with E-state index in [1.165, 1.54) is 4.90 Å². The SMILES string of the molecule is CC1CN(C(=O)N[C@@H](CC(=O)O)C(=O)O)CC1C. The number of amides is 2. The van der Waals surface area contributed by atoms with Crippen molar-refractivity contribution in [2.75, 3.05) is 13.1 Å². The van der Waals surface area contributed by atoms with Crippen molar-refractivity contribution >= 4 is 18.0 Å². The fraction of sp³-hybridized carbons (Fsp3) is 0.727. The molecule has 1 aliphatic heterocycles. The first-order valence-electron chi connectivity index (χ1n) is 5.81. The molecule has 0 saturated carbocycles. The van der Waals surface area contributed by atoms with Crippen molar-refractivity contribution in [2.24, 2.45) is 11.8 Å². The first-order chi connectivity index (χ1) is 8.31. The molecule has 1 heterocycles. The molecule has 2 unspecified atom stereocenters. The molecule has 0 aliphatic carbocycles. The van der Waals surface area contributed by atoms with Gasteiger partial charge in [-0.2, -0.15) is 0 Å². The Balaban J connectivity index is 2.57. The van der Waals surface area contributed by atoms with E-state index in [-0.39, 0.29) is 0 Å². The second-order valence-corrected chi connectivity index (χ2v) is 4.80. The molecule has 1 saturated heterocycles. The maximum Gasteiger partial charge on any atom is 0.326 e. The number of rotatable bonds is 4. The van der Waals surface area contributed by atoms with Gasteiger partial charge in [-0.25, -0.2) is 9.59 Å². The smallest absolute Gasteiger partial charge is 0.326 e. The largest absolute Gasteiger partial charge is 0.481 e. The molecule has 0 radical (unpaired) electrons. The molecule has 1 fully saturated rings. The predicted octanol–water partition coefficient (Wildman–Crippen LogP) is 0.212. The fourth-order valence-corrected chi connectivity index (χ4v) is 1.91. The van der Waals surface area contributed by atoms with E-state index in [1.54, 1.807) is 0 Å². The molecule has 3 N–H and O–H groups in total. The highest BCUT2D eigenvalue weighted by molar-refractivity contribution is 5.86. The molecule has 0 spiro atoms. The Morgan fingerprint density at radius 3 is 2.11 bits per heavy atom. The average Bonchev–Trinajstić information content (AvgIpc) is 2.57. The lowest BCUT2D eigenvalue weighted by Gasteiger charge is -2.20. The third-order valence-electron chi connectivity index (χ3n) is 3.25. The number of likely N-dealkylation sites (tertiary alicyclic amines) is 1. The second kappa shape index (κ2) is 5.70. The van der Waals surface area contributed by atoms with Gasteiger partial charge in [0.2, 0.25) is 0 Å². The third-order valence-corrected chi connectivity index (χ3v) is 3.25. The predicted molar refractivity (Wildman–Crippen MR) is 62.1 cm³/mol. The molecule has 1 rings (SSSR count). The summed E-state index contributed by atoms with van der Waals surface area (Å²) in [7, 11) is 0. The van der Waals surface area contributed by atoms with Crippen molar-refractivity contribution < 1.29 is 24.6 Å². The molecule has 7 nitrogen and oxygen atoms in total. The molecule has 0 aromatic heterocycles. The van der Waals surface area contributed by atoms with Crippen LogP contribution < -0.4 is 5.32 Å². The quantitative estimate of drug-likeness (QED) is 0.668. The lowest BCUT2D eigenvalue weighted by molar-refractivity contribution is -0.145. The maximum absolute atomic E-state index is 11.8. The average molecular weight is 258 g/mol. The zero-order chi connectivity index (χ0) is 13.9. The summed E-state index contributed by atoms with van der Waals surface area (Å²) in [4.78, 5) is 34.6. The molecule has 1 aliphatic rings. The number of carbonyl (C=O) groups excluding carboxylic acids is 1. The number of carbonyl (C=O) groups is 3. The summed E-state index contributed by atoms with van der Waals surface area (Å²) in [6.45, 7) is 5.16. The monoisotopic (exact) mass is 258 g/mol. The number of nitrogens with one attached hydrogen (secondary N) is 1. The molecule has 3 atom stereocenters. The summed E-state index contributed by atoms with van der Waals surface area (Å²) in [6.07, 6.45) is -0.625. The Hall–Kier alpha value is -1.79. The maximum atomic E-state index is 11.8. The third kappa shape index (κ3) is 3.61. The van der Waals surface area contributed by atoms with Crippen LogP contribution in [-0.4, -0.2) is 52.2 Å². The van der Waals surface area contributed by atoms with Crippen molar-refractivity contribution in [3.05, 3.63) is 0 Å². The lowest BCUT2D eigenvalue weighted by Crippen LogP contribution is -2.48. The Labute approximate surface area is 105 Å². The summed E-state index contributed by atoms with van der Waals surface area (Å²) in [6, 6.07) is -1.90. The molecular weight excluding hydrogens is 240 g/mol. The number of hydrogen-bond acceptors (Lipinski definition) is 3. The number of carboxylic acid groups (broad SMARTS) is 2. The topological polar surface area (TPSA) is 107 Å². The molecule has 2 amide bonds. The highest BCUT2D eigenvalue weighted by Crippen LogP contribution is 2.21. The summed E-state index contributed by atoms with van der Waals surface area (Å²) in [5.41, 5.74) is 0. The van der Waals surface area contributed by atoms with Crippen LogP contribution in [0, 0.1) is 11.8 Å². The van der Waals surface area contributed by atoms with E-state index in [0.29, 0.717) is 24.9 Å².